The average Bonchev–Trinajstić information content (AvgIpc) is 2.41. The maximum absolute atomic E-state index is 5.97. The van der Waals surface area contributed by atoms with Gasteiger partial charge in [0.2, 0.25) is 0 Å². The number of ether oxygens (including phenoxy) is 1. The lowest BCUT2D eigenvalue weighted by molar-refractivity contribution is 0.478. The molecule has 18 heavy (non-hydrogen) atoms. The molecule has 2 aromatic carbocycles. The van der Waals surface area contributed by atoms with Gasteiger partial charge in [-0.1, -0.05) is 52.7 Å². The second-order valence-corrected chi connectivity index (χ2v) is 4.91. The Labute approximate surface area is 117 Å². The normalized spacial score (nSPS) is 10.4. The summed E-state index contributed by atoms with van der Waals surface area (Å²) in [7, 11) is 0. The lowest BCUT2D eigenvalue weighted by Crippen LogP contribution is -1.91. The third-order valence-electron chi connectivity index (χ3n) is 2.89. The fourth-order valence-corrected chi connectivity index (χ4v) is 2.31. The molecule has 0 saturated carbocycles. The number of benzene rings is 2. The second-order valence-electron chi connectivity index (χ2n) is 4.35. The molecule has 0 N–H and O–H groups in total. The van der Waals surface area contributed by atoms with Crippen LogP contribution in [0.3, 0.4) is 0 Å². The highest BCUT2D eigenvalue weighted by Crippen LogP contribution is 2.28. The van der Waals surface area contributed by atoms with Crippen LogP contribution >= 0.6 is 15.9 Å². The van der Waals surface area contributed by atoms with Gasteiger partial charge in [0.25, 0.3) is 0 Å². The Hall–Kier alpha value is -1.28. The fourth-order valence-electron chi connectivity index (χ4n) is 1.87. The van der Waals surface area contributed by atoms with Crippen molar-refractivity contribution in [1.82, 2.24) is 0 Å². The number of hydrogen-bond acceptors (Lipinski definition) is 1. The van der Waals surface area contributed by atoms with E-state index in [1.165, 1.54) is 16.7 Å². The molecule has 94 valence electrons. The summed E-state index contributed by atoms with van der Waals surface area (Å²) in [6.45, 7) is 4.24. The Balaban J connectivity index is 2.27. The average molecular weight is 305 g/mol. The largest absolute Gasteiger partial charge is 0.457 e. The van der Waals surface area contributed by atoms with Crippen molar-refractivity contribution in [2.45, 2.75) is 25.6 Å². The summed E-state index contributed by atoms with van der Waals surface area (Å²) in [5.41, 5.74) is 3.72. The third-order valence-corrected chi connectivity index (χ3v) is 3.50. The molecule has 0 unspecified atom stereocenters. The first-order chi connectivity index (χ1) is 8.72. The van der Waals surface area contributed by atoms with Gasteiger partial charge < -0.3 is 4.74 Å². The first-order valence-corrected chi connectivity index (χ1v) is 7.27. The van der Waals surface area contributed by atoms with Gasteiger partial charge in [0, 0.05) is 10.9 Å². The van der Waals surface area contributed by atoms with Gasteiger partial charge >= 0.3 is 0 Å². The Morgan fingerprint density at radius 3 is 2.67 bits per heavy atom. The number of hydrogen-bond donors (Lipinski definition) is 0. The van der Waals surface area contributed by atoms with Gasteiger partial charge in [-0.05, 0) is 37.1 Å². The van der Waals surface area contributed by atoms with Gasteiger partial charge in [-0.3, -0.25) is 0 Å². The SMILES string of the molecule is CCc1cccc(Oc2ccc(C)cc2CBr)c1. The van der Waals surface area contributed by atoms with Gasteiger partial charge in [-0.2, -0.15) is 0 Å². The predicted octanol–water partition coefficient (Wildman–Crippen LogP) is 5.24. The standard InChI is InChI=1S/C16H17BrO/c1-3-13-5-4-6-15(10-13)18-16-8-7-12(2)9-14(16)11-17/h4-10H,3,11H2,1-2H3. The number of aryl methyl sites for hydroxylation is 2. The van der Waals surface area contributed by atoms with E-state index in [1.807, 2.05) is 18.2 Å². The third kappa shape index (κ3) is 3.14. The minimum atomic E-state index is 0.803. The molecule has 2 heteroatoms. The molecule has 0 bridgehead atoms. The van der Waals surface area contributed by atoms with Crippen molar-refractivity contribution >= 4 is 15.9 Å². The van der Waals surface area contributed by atoms with Crippen LogP contribution in [0.2, 0.25) is 0 Å². The summed E-state index contributed by atoms with van der Waals surface area (Å²) in [5.74, 6) is 1.83. The topological polar surface area (TPSA) is 9.23 Å². The van der Waals surface area contributed by atoms with Crippen LogP contribution in [0.5, 0.6) is 11.5 Å². The summed E-state index contributed by atoms with van der Waals surface area (Å²) in [5, 5.41) is 0.803. The molecule has 0 aliphatic rings. The molecule has 0 fully saturated rings. The maximum atomic E-state index is 5.97. The zero-order valence-electron chi connectivity index (χ0n) is 10.7. The van der Waals surface area contributed by atoms with Gasteiger partial charge in [0.1, 0.15) is 11.5 Å². The molecule has 0 aliphatic carbocycles. The molecule has 1 nitrogen and oxygen atoms in total. The molecule has 0 aromatic heterocycles. The van der Waals surface area contributed by atoms with E-state index in [-0.39, 0.29) is 0 Å². The Kier molecular flexibility index (Phi) is 4.43. The molecule has 0 radical (unpaired) electrons. The summed E-state index contributed by atoms with van der Waals surface area (Å²) in [4.78, 5) is 0. The highest BCUT2D eigenvalue weighted by atomic mass is 79.9. The monoisotopic (exact) mass is 304 g/mol. The van der Waals surface area contributed by atoms with E-state index in [4.69, 9.17) is 4.74 Å². The zero-order valence-corrected chi connectivity index (χ0v) is 12.3. The fraction of sp³-hybridized carbons (Fsp3) is 0.250. The van der Waals surface area contributed by atoms with Crippen LogP contribution in [0.25, 0.3) is 0 Å². The minimum absolute atomic E-state index is 0.803. The van der Waals surface area contributed by atoms with E-state index in [2.05, 4.69) is 54.0 Å². The molecule has 0 atom stereocenters. The van der Waals surface area contributed by atoms with E-state index in [1.54, 1.807) is 0 Å². The molecule has 2 rings (SSSR count). The van der Waals surface area contributed by atoms with Crippen molar-refractivity contribution in [3.05, 3.63) is 59.2 Å². The molecule has 0 saturated heterocycles. The quantitative estimate of drug-likeness (QED) is 0.701. The molecule has 0 heterocycles. The smallest absolute Gasteiger partial charge is 0.131 e. The lowest BCUT2D eigenvalue weighted by atomic mass is 10.1. The molecule has 0 aliphatic heterocycles. The van der Waals surface area contributed by atoms with Crippen LogP contribution in [-0.2, 0) is 11.8 Å². The van der Waals surface area contributed by atoms with Crippen LogP contribution < -0.4 is 4.74 Å². The van der Waals surface area contributed by atoms with E-state index >= 15 is 0 Å². The van der Waals surface area contributed by atoms with Crippen molar-refractivity contribution in [3.8, 4) is 11.5 Å². The molecular formula is C16H17BrO. The van der Waals surface area contributed by atoms with Gasteiger partial charge in [-0.25, -0.2) is 0 Å². The predicted molar refractivity (Wildman–Crippen MR) is 79.7 cm³/mol. The first-order valence-electron chi connectivity index (χ1n) is 6.15. The van der Waals surface area contributed by atoms with Crippen LogP contribution in [0.15, 0.2) is 42.5 Å². The van der Waals surface area contributed by atoms with Crippen LogP contribution in [0.4, 0.5) is 0 Å². The Morgan fingerprint density at radius 2 is 1.94 bits per heavy atom. The van der Waals surface area contributed by atoms with Gasteiger partial charge in [0.05, 0.1) is 0 Å². The van der Waals surface area contributed by atoms with Crippen molar-refractivity contribution < 1.29 is 4.74 Å². The van der Waals surface area contributed by atoms with E-state index < -0.39 is 0 Å². The van der Waals surface area contributed by atoms with Crippen LogP contribution in [0, 0.1) is 6.92 Å². The van der Waals surface area contributed by atoms with Crippen LogP contribution in [-0.4, -0.2) is 0 Å². The van der Waals surface area contributed by atoms with E-state index in [9.17, 15) is 0 Å². The number of rotatable bonds is 4. The van der Waals surface area contributed by atoms with Gasteiger partial charge in [0.15, 0.2) is 0 Å². The summed E-state index contributed by atoms with van der Waals surface area (Å²) in [6.07, 6.45) is 1.02. The molecule has 0 spiro atoms. The van der Waals surface area contributed by atoms with E-state index in [0.29, 0.717) is 0 Å². The van der Waals surface area contributed by atoms with E-state index in [0.717, 1.165) is 23.2 Å². The summed E-state index contributed by atoms with van der Waals surface area (Å²) >= 11 is 3.50. The van der Waals surface area contributed by atoms with Crippen molar-refractivity contribution in [3.63, 3.8) is 0 Å². The highest BCUT2D eigenvalue weighted by Gasteiger charge is 2.04. The molecular weight excluding hydrogens is 288 g/mol. The number of alkyl halides is 1. The Morgan fingerprint density at radius 1 is 1.11 bits per heavy atom. The zero-order chi connectivity index (χ0) is 13.0. The molecule has 2 aromatic rings. The highest BCUT2D eigenvalue weighted by molar-refractivity contribution is 9.08. The lowest BCUT2D eigenvalue weighted by Gasteiger charge is -2.11. The molecule has 0 amide bonds. The van der Waals surface area contributed by atoms with Crippen LogP contribution in [0.1, 0.15) is 23.6 Å². The Bertz CT molecular complexity index is 534. The summed E-state index contributed by atoms with van der Waals surface area (Å²) < 4.78 is 5.97. The van der Waals surface area contributed by atoms with Crippen molar-refractivity contribution in [2.24, 2.45) is 0 Å². The maximum Gasteiger partial charge on any atom is 0.131 e. The van der Waals surface area contributed by atoms with Crippen molar-refractivity contribution in [2.75, 3.05) is 0 Å². The van der Waals surface area contributed by atoms with Gasteiger partial charge in [-0.15, -0.1) is 0 Å². The minimum Gasteiger partial charge on any atom is -0.457 e. The summed E-state index contributed by atoms with van der Waals surface area (Å²) in [6, 6.07) is 14.5. The second kappa shape index (κ2) is 6.05. The first kappa shape index (κ1) is 13.2. The van der Waals surface area contributed by atoms with Crippen molar-refractivity contribution in [1.29, 1.82) is 0 Å². The number of halogens is 1.